The van der Waals surface area contributed by atoms with Crippen LogP contribution in [0.15, 0.2) is 36.5 Å². The zero-order valence-corrected chi connectivity index (χ0v) is 8.77. The summed E-state index contributed by atoms with van der Waals surface area (Å²) in [6.45, 7) is 0. The van der Waals surface area contributed by atoms with E-state index in [0.717, 1.165) is 0 Å². The lowest BCUT2D eigenvalue weighted by atomic mass is 10.2. The van der Waals surface area contributed by atoms with Crippen LogP contribution in [0.2, 0.25) is 0 Å². The fourth-order valence-electron chi connectivity index (χ4n) is 1.04. The number of carbonyl (C=O) groups is 2. The topological polar surface area (TPSA) is 81.4 Å². The molecule has 0 bridgehead atoms. The van der Waals surface area contributed by atoms with Crippen molar-refractivity contribution >= 4 is 17.6 Å². The van der Waals surface area contributed by atoms with Crippen molar-refractivity contribution in [1.29, 1.82) is 0 Å². The molecule has 16 heavy (non-hydrogen) atoms. The maximum absolute atomic E-state index is 10.9. The lowest BCUT2D eigenvalue weighted by molar-refractivity contribution is -0.134. The minimum Gasteiger partial charge on any atom is -0.466 e. The second-order valence-electron chi connectivity index (χ2n) is 2.95. The Labute approximate surface area is 92.9 Å². The van der Waals surface area contributed by atoms with E-state index >= 15 is 0 Å². The highest BCUT2D eigenvalue weighted by atomic mass is 16.5. The molecule has 0 saturated carbocycles. The first-order valence-corrected chi connectivity index (χ1v) is 4.54. The third kappa shape index (κ3) is 3.45. The molecule has 5 nitrogen and oxygen atoms in total. The van der Waals surface area contributed by atoms with Gasteiger partial charge in [0.25, 0.3) is 0 Å². The first-order chi connectivity index (χ1) is 7.63. The van der Waals surface area contributed by atoms with Crippen molar-refractivity contribution in [1.82, 2.24) is 0 Å². The third-order valence-electron chi connectivity index (χ3n) is 1.82. The van der Waals surface area contributed by atoms with E-state index in [2.05, 4.69) is 10.1 Å². The second kappa shape index (κ2) is 5.55. The van der Waals surface area contributed by atoms with E-state index in [1.54, 1.807) is 24.3 Å². The lowest BCUT2D eigenvalue weighted by Crippen LogP contribution is -2.10. The van der Waals surface area contributed by atoms with Crippen molar-refractivity contribution in [3.63, 3.8) is 0 Å². The van der Waals surface area contributed by atoms with Gasteiger partial charge >= 0.3 is 5.97 Å². The van der Waals surface area contributed by atoms with Gasteiger partial charge in [-0.3, -0.25) is 4.79 Å². The number of methoxy groups -OCH3 is 1. The Hall–Kier alpha value is -2.30. The highest BCUT2D eigenvalue weighted by Crippen LogP contribution is 2.09. The summed E-state index contributed by atoms with van der Waals surface area (Å²) in [5, 5.41) is 2.82. The summed E-state index contributed by atoms with van der Waals surface area (Å²) in [4.78, 5) is 21.6. The number of primary amides is 1. The van der Waals surface area contributed by atoms with E-state index in [1.807, 2.05) is 0 Å². The number of hydrogen-bond acceptors (Lipinski definition) is 4. The van der Waals surface area contributed by atoms with E-state index in [1.165, 1.54) is 19.4 Å². The molecule has 1 rings (SSSR count). The standard InChI is InChI=1S/C11H12N2O3/c1-16-10(14)5-6-13-9-4-2-3-8(7-9)11(12)15/h2-7,13H,1H3,(H2,12,15)/b6-5+. The van der Waals surface area contributed by atoms with Gasteiger partial charge in [-0.05, 0) is 18.2 Å². The Morgan fingerprint density at radius 1 is 1.44 bits per heavy atom. The highest BCUT2D eigenvalue weighted by Gasteiger charge is 1.99. The van der Waals surface area contributed by atoms with Crippen LogP contribution in [0.1, 0.15) is 10.4 Å². The summed E-state index contributed by atoms with van der Waals surface area (Å²) in [5.41, 5.74) is 6.19. The van der Waals surface area contributed by atoms with Crippen molar-refractivity contribution < 1.29 is 14.3 Å². The third-order valence-corrected chi connectivity index (χ3v) is 1.82. The van der Waals surface area contributed by atoms with Crippen LogP contribution in [-0.4, -0.2) is 19.0 Å². The summed E-state index contributed by atoms with van der Waals surface area (Å²) < 4.78 is 4.41. The second-order valence-corrected chi connectivity index (χ2v) is 2.95. The average molecular weight is 220 g/mol. The van der Waals surface area contributed by atoms with Gasteiger partial charge in [-0.1, -0.05) is 6.07 Å². The molecular formula is C11H12N2O3. The van der Waals surface area contributed by atoms with E-state index < -0.39 is 11.9 Å². The number of benzene rings is 1. The number of esters is 1. The molecule has 0 atom stereocenters. The fraction of sp³-hybridized carbons (Fsp3) is 0.0909. The summed E-state index contributed by atoms with van der Waals surface area (Å²) in [5.74, 6) is -0.959. The van der Waals surface area contributed by atoms with Gasteiger partial charge in [0.15, 0.2) is 0 Å². The number of nitrogens with one attached hydrogen (secondary N) is 1. The van der Waals surface area contributed by atoms with Gasteiger partial charge in [-0.15, -0.1) is 0 Å². The van der Waals surface area contributed by atoms with Gasteiger partial charge in [-0.2, -0.15) is 0 Å². The van der Waals surface area contributed by atoms with Crippen LogP contribution >= 0.6 is 0 Å². The molecule has 1 amide bonds. The van der Waals surface area contributed by atoms with Gasteiger partial charge < -0.3 is 15.8 Å². The molecule has 0 aliphatic rings. The van der Waals surface area contributed by atoms with Gasteiger partial charge in [0.05, 0.1) is 7.11 Å². The molecule has 0 radical (unpaired) electrons. The van der Waals surface area contributed by atoms with Gasteiger partial charge in [-0.25, -0.2) is 4.79 Å². The smallest absolute Gasteiger partial charge is 0.331 e. The van der Waals surface area contributed by atoms with Crippen LogP contribution in [-0.2, 0) is 9.53 Å². The minimum absolute atomic E-state index is 0.400. The Bertz CT molecular complexity index is 427. The van der Waals surface area contributed by atoms with Crippen molar-refractivity contribution in [2.24, 2.45) is 5.73 Å². The molecule has 0 aliphatic heterocycles. The van der Waals surface area contributed by atoms with Crippen molar-refractivity contribution in [3.05, 3.63) is 42.1 Å². The van der Waals surface area contributed by atoms with Gasteiger partial charge in [0.1, 0.15) is 0 Å². The SMILES string of the molecule is COC(=O)/C=C/Nc1cccc(C(N)=O)c1. The number of ether oxygens (including phenoxy) is 1. The largest absolute Gasteiger partial charge is 0.466 e. The number of carbonyl (C=O) groups excluding carboxylic acids is 2. The fourth-order valence-corrected chi connectivity index (χ4v) is 1.04. The maximum Gasteiger partial charge on any atom is 0.331 e. The molecule has 1 aromatic rings. The summed E-state index contributed by atoms with van der Waals surface area (Å²) >= 11 is 0. The predicted molar refractivity (Wildman–Crippen MR) is 59.7 cm³/mol. The number of anilines is 1. The van der Waals surface area contributed by atoms with E-state index in [0.29, 0.717) is 11.3 Å². The number of nitrogens with two attached hydrogens (primary N) is 1. The van der Waals surface area contributed by atoms with E-state index in [-0.39, 0.29) is 0 Å². The van der Waals surface area contributed by atoms with Crippen LogP contribution in [0.25, 0.3) is 0 Å². The first-order valence-electron chi connectivity index (χ1n) is 4.54. The molecule has 0 fully saturated rings. The van der Waals surface area contributed by atoms with Crippen LogP contribution in [0, 0.1) is 0 Å². The van der Waals surface area contributed by atoms with E-state index in [9.17, 15) is 9.59 Å². The Kier molecular flexibility index (Phi) is 4.08. The molecule has 3 N–H and O–H groups in total. The highest BCUT2D eigenvalue weighted by molar-refractivity contribution is 5.93. The molecular weight excluding hydrogens is 208 g/mol. The minimum atomic E-state index is -0.499. The van der Waals surface area contributed by atoms with Crippen LogP contribution in [0.3, 0.4) is 0 Å². The monoisotopic (exact) mass is 220 g/mol. The molecule has 0 unspecified atom stereocenters. The van der Waals surface area contributed by atoms with Crippen LogP contribution in [0.4, 0.5) is 5.69 Å². The Morgan fingerprint density at radius 3 is 2.81 bits per heavy atom. The normalized spacial score (nSPS) is 10.1. The van der Waals surface area contributed by atoms with Gasteiger partial charge in [0.2, 0.25) is 5.91 Å². The summed E-state index contributed by atoms with van der Waals surface area (Å²) in [6.07, 6.45) is 2.66. The Balaban J connectivity index is 2.67. The van der Waals surface area contributed by atoms with Crippen molar-refractivity contribution in [2.45, 2.75) is 0 Å². The number of amides is 1. The molecule has 0 aliphatic carbocycles. The summed E-state index contributed by atoms with van der Waals surface area (Å²) in [6, 6.07) is 6.63. The Morgan fingerprint density at radius 2 is 2.19 bits per heavy atom. The molecule has 84 valence electrons. The zero-order valence-electron chi connectivity index (χ0n) is 8.77. The van der Waals surface area contributed by atoms with Crippen molar-refractivity contribution in [2.75, 3.05) is 12.4 Å². The molecule has 0 spiro atoms. The summed E-state index contributed by atoms with van der Waals surface area (Å²) in [7, 11) is 1.29. The van der Waals surface area contributed by atoms with Crippen LogP contribution in [0.5, 0.6) is 0 Å². The quantitative estimate of drug-likeness (QED) is 0.583. The number of hydrogen-bond donors (Lipinski definition) is 2. The molecule has 0 heterocycles. The zero-order chi connectivity index (χ0) is 12.0. The predicted octanol–water partition coefficient (Wildman–Crippen LogP) is 0.884. The maximum atomic E-state index is 10.9. The van der Waals surface area contributed by atoms with Crippen molar-refractivity contribution in [3.8, 4) is 0 Å². The number of rotatable bonds is 4. The lowest BCUT2D eigenvalue weighted by Gasteiger charge is -2.01. The van der Waals surface area contributed by atoms with E-state index in [4.69, 9.17) is 5.73 Å². The molecule has 1 aromatic carbocycles. The average Bonchev–Trinajstić information content (AvgIpc) is 2.29. The molecule has 0 saturated heterocycles. The molecule has 5 heteroatoms. The molecule has 0 aromatic heterocycles. The van der Waals surface area contributed by atoms with Gasteiger partial charge in [0, 0.05) is 23.5 Å². The van der Waals surface area contributed by atoms with Crippen LogP contribution < -0.4 is 11.1 Å². The first kappa shape index (κ1) is 11.8.